The van der Waals surface area contributed by atoms with Crippen LogP contribution in [0.4, 0.5) is 0 Å². The summed E-state index contributed by atoms with van der Waals surface area (Å²) in [5, 5.41) is 0. The molecule has 0 unspecified atom stereocenters. The molecule has 1 aliphatic carbocycles. The van der Waals surface area contributed by atoms with Crippen molar-refractivity contribution in [3.05, 3.63) is 0 Å². The summed E-state index contributed by atoms with van der Waals surface area (Å²) in [5.41, 5.74) is 5.64. The lowest BCUT2D eigenvalue weighted by molar-refractivity contribution is 0.323. The number of hydrogen-bond donors (Lipinski definition) is 1. The topological polar surface area (TPSA) is 26.0 Å². The van der Waals surface area contributed by atoms with Gasteiger partial charge in [0.1, 0.15) is 0 Å². The second kappa shape index (κ2) is 7.15. The summed E-state index contributed by atoms with van der Waals surface area (Å²) in [4.78, 5) is 0. The van der Waals surface area contributed by atoms with Crippen molar-refractivity contribution in [1.82, 2.24) is 0 Å². The third-order valence-electron chi connectivity index (χ3n) is 2.92. The lowest BCUT2D eigenvalue weighted by Crippen LogP contribution is -2.20. The minimum Gasteiger partial charge on any atom is -0.330 e. The molecule has 2 heteroatoms. The highest BCUT2D eigenvalue weighted by atomic mass is 35.5. The second-order valence-electron chi connectivity index (χ2n) is 4.07. The molecule has 0 aliphatic heterocycles. The van der Waals surface area contributed by atoms with Crippen LogP contribution in [0.25, 0.3) is 0 Å². The van der Waals surface area contributed by atoms with Gasteiger partial charge in [0.05, 0.1) is 0 Å². The van der Waals surface area contributed by atoms with Crippen LogP contribution in [0.1, 0.15) is 38.5 Å². The predicted molar refractivity (Wildman–Crippen MR) is 62.2 cm³/mol. The zero-order valence-corrected chi connectivity index (χ0v) is 9.52. The molecule has 1 nitrogen and oxygen atoms in total. The summed E-state index contributed by atoms with van der Waals surface area (Å²) in [7, 11) is 0. The van der Waals surface area contributed by atoms with Gasteiger partial charge in [-0.15, -0.1) is 17.5 Å². The summed E-state index contributed by atoms with van der Waals surface area (Å²) in [6, 6.07) is 0. The van der Waals surface area contributed by atoms with Gasteiger partial charge in [-0.2, -0.15) is 0 Å². The van der Waals surface area contributed by atoms with Crippen molar-refractivity contribution in [2.24, 2.45) is 17.6 Å². The van der Waals surface area contributed by atoms with E-state index in [4.69, 9.17) is 17.3 Å². The Bertz CT molecular complexity index is 196. The third-order valence-corrected chi connectivity index (χ3v) is 3.19. The van der Waals surface area contributed by atoms with Crippen molar-refractivity contribution in [3.63, 3.8) is 0 Å². The summed E-state index contributed by atoms with van der Waals surface area (Å²) >= 11 is 5.58. The molecule has 0 aromatic rings. The zero-order chi connectivity index (χ0) is 10.2. The smallest absolute Gasteiger partial charge is 0.0232 e. The van der Waals surface area contributed by atoms with Crippen molar-refractivity contribution in [1.29, 1.82) is 0 Å². The van der Waals surface area contributed by atoms with E-state index in [1.807, 2.05) is 0 Å². The Morgan fingerprint density at radius 3 is 2.50 bits per heavy atom. The lowest BCUT2D eigenvalue weighted by atomic mass is 9.82. The average molecular weight is 214 g/mol. The quantitative estimate of drug-likeness (QED) is 0.436. The molecule has 1 fully saturated rings. The molecule has 0 bridgehead atoms. The van der Waals surface area contributed by atoms with Crippen molar-refractivity contribution < 1.29 is 0 Å². The van der Waals surface area contributed by atoms with Gasteiger partial charge in [0.25, 0.3) is 0 Å². The van der Waals surface area contributed by atoms with Gasteiger partial charge in [0, 0.05) is 18.2 Å². The Hall–Kier alpha value is -0.190. The first-order chi connectivity index (χ1) is 6.86. The van der Waals surface area contributed by atoms with E-state index in [0.717, 1.165) is 31.2 Å². The highest BCUT2D eigenvalue weighted by molar-refractivity contribution is 6.17. The first-order valence-electron chi connectivity index (χ1n) is 5.61. The molecule has 0 heterocycles. The molecule has 2 N–H and O–H groups in total. The van der Waals surface area contributed by atoms with Crippen molar-refractivity contribution in [2.75, 3.05) is 12.4 Å². The Kier molecular flexibility index (Phi) is 6.07. The van der Waals surface area contributed by atoms with Crippen LogP contribution in [0.2, 0.25) is 0 Å². The van der Waals surface area contributed by atoms with Gasteiger partial charge >= 0.3 is 0 Å². The molecule has 0 saturated heterocycles. The Balaban J connectivity index is 2.17. The van der Waals surface area contributed by atoms with Gasteiger partial charge in [0.15, 0.2) is 0 Å². The van der Waals surface area contributed by atoms with Gasteiger partial charge < -0.3 is 5.73 Å². The second-order valence-corrected chi connectivity index (χ2v) is 4.44. The largest absolute Gasteiger partial charge is 0.330 e. The van der Waals surface area contributed by atoms with E-state index >= 15 is 0 Å². The van der Waals surface area contributed by atoms with Gasteiger partial charge in [-0.1, -0.05) is 5.92 Å². The molecule has 0 radical (unpaired) electrons. The van der Waals surface area contributed by atoms with E-state index in [-0.39, 0.29) is 0 Å². The monoisotopic (exact) mass is 213 g/mol. The van der Waals surface area contributed by atoms with E-state index in [2.05, 4.69) is 11.8 Å². The SMILES string of the molecule is NC[C@H]1CC[C@H](C#CCCCCl)CC1. The van der Waals surface area contributed by atoms with E-state index in [1.54, 1.807) is 0 Å². The highest BCUT2D eigenvalue weighted by Crippen LogP contribution is 2.27. The first-order valence-corrected chi connectivity index (χ1v) is 6.14. The summed E-state index contributed by atoms with van der Waals surface area (Å²) in [6.07, 6.45) is 7.01. The summed E-state index contributed by atoms with van der Waals surface area (Å²) in [5.74, 6) is 8.70. The minimum absolute atomic E-state index is 0.633. The number of unbranched alkanes of at least 4 members (excludes halogenated alkanes) is 1. The number of alkyl halides is 1. The molecular weight excluding hydrogens is 194 g/mol. The van der Waals surface area contributed by atoms with E-state index < -0.39 is 0 Å². The summed E-state index contributed by atoms with van der Waals surface area (Å²) in [6.45, 7) is 0.854. The maximum atomic E-state index is 5.64. The highest BCUT2D eigenvalue weighted by Gasteiger charge is 2.18. The van der Waals surface area contributed by atoms with Crippen molar-refractivity contribution in [3.8, 4) is 11.8 Å². The maximum absolute atomic E-state index is 5.64. The van der Waals surface area contributed by atoms with Gasteiger partial charge in [-0.05, 0) is 44.6 Å². The number of rotatable bonds is 3. The van der Waals surface area contributed by atoms with Crippen molar-refractivity contribution in [2.45, 2.75) is 38.5 Å². The molecule has 14 heavy (non-hydrogen) atoms. The fourth-order valence-electron chi connectivity index (χ4n) is 1.91. The normalized spacial score (nSPS) is 26.7. The van der Waals surface area contributed by atoms with Gasteiger partial charge in [-0.3, -0.25) is 0 Å². The minimum atomic E-state index is 0.633. The standard InChI is InChI=1S/C12H20ClN/c13-9-3-1-2-4-11-5-7-12(10-14)8-6-11/h11-12H,1,3,5-10,14H2/t11-,12-. The van der Waals surface area contributed by atoms with E-state index in [9.17, 15) is 0 Å². The van der Waals surface area contributed by atoms with Crippen LogP contribution in [-0.4, -0.2) is 12.4 Å². The number of halogens is 1. The third kappa shape index (κ3) is 4.35. The lowest BCUT2D eigenvalue weighted by Gasteiger charge is -2.24. The van der Waals surface area contributed by atoms with Crippen LogP contribution in [0, 0.1) is 23.7 Å². The first kappa shape index (κ1) is 11.9. The molecule has 0 spiro atoms. The van der Waals surface area contributed by atoms with Crippen LogP contribution in [0.3, 0.4) is 0 Å². The molecule has 1 saturated carbocycles. The van der Waals surface area contributed by atoms with E-state index in [1.165, 1.54) is 25.7 Å². The van der Waals surface area contributed by atoms with Gasteiger partial charge in [-0.25, -0.2) is 0 Å². The molecule has 0 amide bonds. The molecule has 1 aliphatic rings. The zero-order valence-electron chi connectivity index (χ0n) is 8.77. The van der Waals surface area contributed by atoms with E-state index in [0.29, 0.717) is 5.92 Å². The number of hydrogen-bond acceptors (Lipinski definition) is 1. The van der Waals surface area contributed by atoms with Crippen molar-refractivity contribution >= 4 is 11.6 Å². The Morgan fingerprint density at radius 1 is 1.21 bits per heavy atom. The fourth-order valence-corrected chi connectivity index (χ4v) is 2.05. The molecule has 1 rings (SSSR count). The van der Waals surface area contributed by atoms with Crippen LogP contribution < -0.4 is 5.73 Å². The number of nitrogens with two attached hydrogens (primary N) is 1. The Morgan fingerprint density at radius 2 is 1.93 bits per heavy atom. The fraction of sp³-hybridized carbons (Fsp3) is 0.833. The molecule has 80 valence electrons. The average Bonchev–Trinajstić information content (AvgIpc) is 2.25. The van der Waals surface area contributed by atoms with Crippen LogP contribution in [0.15, 0.2) is 0 Å². The molecular formula is C12H20ClN. The Labute approximate surface area is 92.4 Å². The van der Waals surface area contributed by atoms with Crippen LogP contribution in [0.5, 0.6) is 0 Å². The predicted octanol–water partition coefficient (Wildman–Crippen LogP) is 2.77. The maximum Gasteiger partial charge on any atom is 0.0232 e. The summed E-state index contributed by atoms with van der Waals surface area (Å²) < 4.78 is 0. The molecule has 0 aromatic carbocycles. The molecule has 0 atom stereocenters. The molecule has 0 aromatic heterocycles. The van der Waals surface area contributed by atoms with Crippen LogP contribution in [-0.2, 0) is 0 Å². The van der Waals surface area contributed by atoms with Gasteiger partial charge in [0.2, 0.25) is 0 Å². The van der Waals surface area contributed by atoms with Crippen LogP contribution >= 0.6 is 11.6 Å².